The maximum Gasteiger partial charge on any atom is 0.223 e. The lowest BCUT2D eigenvalue weighted by Crippen LogP contribution is -2.40. The minimum absolute atomic E-state index is 0.0388. The van der Waals surface area contributed by atoms with E-state index in [-0.39, 0.29) is 29.9 Å². The van der Waals surface area contributed by atoms with Crippen molar-refractivity contribution in [3.8, 4) is 5.75 Å². The van der Waals surface area contributed by atoms with Gasteiger partial charge in [0.05, 0.1) is 17.9 Å². The summed E-state index contributed by atoms with van der Waals surface area (Å²) in [6.07, 6.45) is 4.59. The molecule has 0 aromatic heterocycles. The van der Waals surface area contributed by atoms with Crippen molar-refractivity contribution in [3.63, 3.8) is 0 Å². The van der Waals surface area contributed by atoms with Gasteiger partial charge in [0.25, 0.3) is 0 Å². The zero-order chi connectivity index (χ0) is 16.9. The maximum atomic E-state index is 11.9. The standard InChI is InChI=1S/C16H24N2O4S/c1-23(20,21)14-7-5-13(6-8-14)22-10-9-16(19)18-15-4-2-3-12(15)11-17/h5-8,12,15H,2-4,9-11,17H2,1H3,(H,18,19). The molecule has 1 saturated carbocycles. The van der Waals surface area contributed by atoms with Gasteiger partial charge in [0.15, 0.2) is 9.84 Å². The van der Waals surface area contributed by atoms with Crippen molar-refractivity contribution >= 4 is 15.7 Å². The second-order valence-corrected chi connectivity index (χ2v) is 7.96. The number of nitrogens with one attached hydrogen (secondary N) is 1. The molecule has 0 heterocycles. The van der Waals surface area contributed by atoms with Crippen molar-refractivity contribution in [1.29, 1.82) is 0 Å². The van der Waals surface area contributed by atoms with Crippen LogP contribution in [0.1, 0.15) is 25.7 Å². The maximum absolute atomic E-state index is 11.9. The molecule has 1 amide bonds. The van der Waals surface area contributed by atoms with Crippen molar-refractivity contribution in [2.45, 2.75) is 36.6 Å². The second kappa shape index (κ2) is 7.79. The highest BCUT2D eigenvalue weighted by Gasteiger charge is 2.27. The Bertz CT molecular complexity index is 628. The summed E-state index contributed by atoms with van der Waals surface area (Å²) in [6.45, 7) is 0.859. The first-order valence-electron chi connectivity index (χ1n) is 7.82. The summed E-state index contributed by atoms with van der Waals surface area (Å²) in [7, 11) is -3.20. The first-order chi connectivity index (χ1) is 10.9. The highest BCUT2D eigenvalue weighted by molar-refractivity contribution is 7.90. The normalized spacial score (nSPS) is 21.1. The van der Waals surface area contributed by atoms with E-state index in [1.807, 2.05) is 0 Å². The van der Waals surface area contributed by atoms with Crippen LogP contribution in [0.2, 0.25) is 0 Å². The number of carbonyl (C=O) groups is 1. The molecule has 0 aliphatic heterocycles. The minimum atomic E-state index is -3.20. The lowest BCUT2D eigenvalue weighted by atomic mass is 10.0. The smallest absolute Gasteiger partial charge is 0.223 e. The Labute approximate surface area is 137 Å². The van der Waals surface area contributed by atoms with Gasteiger partial charge in [0.2, 0.25) is 5.91 Å². The predicted octanol–water partition coefficient (Wildman–Crippen LogP) is 1.10. The van der Waals surface area contributed by atoms with Gasteiger partial charge >= 0.3 is 0 Å². The highest BCUT2D eigenvalue weighted by Crippen LogP contribution is 2.24. The van der Waals surface area contributed by atoms with Crippen LogP contribution in [0.25, 0.3) is 0 Å². The zero-order valence-corrected chi connectivity index (χ0v) is 14.1. The molecule has 0 saturated heterocycles. The Kier molecular flexibility index (Phi) is 6.01. The number of ether oxygens (including phenoxy) is 1. The molecule has 3 N–H and O–H groups in total. The largest absolute Gasteiger partial charge is 0.493 e. The van der Waals surface area contributed by atoms with Gasteiger partial charge in [-0.15, -0.1) is 0 Å². The molecular formula is C16H24N2O4S. The van der Waals surface area contributed by atoms with Crippen LogP contribution in [0.4, 0.5) is 0 Å². The van der Waals surface area contributed by atoms with Crippen LogP contribution in [-0.2, 0) is 14.6 Å². The first kappa shape index (κ1) is 17.7. The summed E-state index contributed by atoms with van der Waals surface area (Å²) >= 11 is 0. The number of nitrogens with two attached hydrogens (primary N) is 1. The third-order valence-corrected chi connectivity index (χ3v) is 5.29. The number of benzene rings is 1. The van der Waals surface area contributed by atoms with E-state index in [9.17, 15) is 13.2 Å². The van der Waals surface area contributed by atoms with Gasteiger partial charge in [-0.25, -0.2) is 8.42 Å². The summed E-state index contributed by atoms with van der Waals surface area (Å²) in [5.41, 5.74) is 5.70. The second-order valence-electron chi connectivity index (χ2n) is 5.94. The first-order valence-corrected chi connectivity index (χ1v) is 9.71. The fourth-order valence-electron chi connectivity index (χ4n) is 2.83. The van der Waals surface area contributed by atoms with Crippen LogP contribution in [0, 0.1) is 5.92 Å². The molecule has 2 unspecified atom stereocenters. The number of amides is 1. The zero-order valence-electron chi connectivity index (χ0n) is 13.3. The molecule has 1 aliphatic carbocycles. The van der Waals surface area contributed by atoms with Crippen molar-refractivity contribution in [2.75, 3.05) is 19.4 Å². The fraction of sp³-hybridized carbons (Fsp3) is 0.562. The van der Waals surface area contributed by atoms with Crippen LogP contribution in [0.3, 0.4) is 0 Å². The van der Waals surface area contributed by atoms with Gasteiger partial charge in [-0.05, 0) is 49.6 Å². The Balaban J connectivity index is 1.75. The summed E-state index contributed by atoms with van der Waals surface area (Å²) in [5, 5.41) is 3.02. The van der Waals surface area contributed by atoms with Crippen molar-refractivity contribution in [3.05, 3.63) is 24.3 Å². The van der Waals surface area contributed by atoms with Gasteiger partial charge < -0.3 is 15.8 Å². The summed E-state index contributed by atoms with van der Waals surface area (Å²) < 4.78 is 28.2. The van der Waals surface area contributed by atoms with E-state index in [0.29, 0.717) is 18.2 Å². The average molecular weight is 340 g/mol. The molecule has 1 aromatic rings. The molecule has 0 spiro atoms. The molecule has 6 nitrogen and oxygen atoms in total. The fourth-order valence-corrected chi connectivity index (χ4v) is 3.46. The quantitative estimate of drug-likeness (QED) is 0.774. The van der Waals surface area contributed by atoms with Crippen molar-refractivity contribution < 1.29 is 17.9 Å². The van der Waals surface area contributed by atoms with Crippen LogP contribution in [0.5, 0.6) is 5.75 Å². The van der Waals surface area contributed by atoms with Gasteiger partial charge in [0.1, 0.15) is 5.75 Å². The van der Waals surface area contributed by atoms with Gasteiger partial charge in [-0.3, -0.25) is 4.79 Å². The molecule has 7 heteroatoms. The van der Waals surface area contributed by atoms with E-state index in [2.05, 4.69) is 5.32 Å². The highest BCUT2D eigenvalue weighted by atomic mass is 32.2. The van der Waals surface area contributed by atoms with Crippen molar-refractivity contribution in [2.24, 2.45) is 11.7 Å². The van der Waals surface area contributed by atoms with Crippen LogP contribution in [-0.4, -0.2) is 39.8 Å². The summed E-state index contributed by atoms with van der Waals surface area (Å²) in [5.74, 6) is 0.886. The van der Waals surface area contributed by atoms with Crippen LogP contribution in [0.15, 0.2) is 29.2 Å². The molecule has 0 bridgehead atoms. The predicted molar refractivity (Wildman–Crippen MR) is 88.0 cm³/mol. The molecule has 128 valence electrons. The Morgan fingerprint density at radius 1 is 1.30 bits per heavy atom. The molecule has 1 aliphatic rings. The molecule has 2 rings (SSSR count). The number of sulfone groups is 1. The van der Waals surface area contributed by atoms with E-state index in [1.165, 1.54) is 12.1 Å². The summed E-state index contributed by atoms with van der Waals surface area (Å²) in [4.78, 5) is 12.2. The SMILES string of the molecule is CS(=O)(=O)c1ccc(OCCC(=O)NC2CCCC2CN)cc1. The topological polar surface area (TPSA) is 98.5 Å². The van der Waals surface area contributed by atoms with E-state index in [4.69, 9.17) is 10.5 Å². The Morgan fingerprint density at radius 3 is 2.61 bits per heavy atom. The third kappa shape index (κ3) is 5.21. The molecular weight excluding hydrogens is 316 g/mol. The minimum Gasteiger partial charge on any atom is -0.493 e. The van der Waals surface area contributed by atoms with E-state index < -0.39 is 9.84 Å². The monoisotopic (exact) mass is 340 g/mol. The lowest BCUT2D eigenvalue weighted by Gasteiger charge is -2.19. The van der Waals surface area contributed by atoms with Gasteiger partial charge in [-0.1, -0.05) is 6.42 Å². The van der Waals surface area contributed by atoms with Gasteiger partial charge in [0, 0.05) is 12.3 Å². The van der Waals surface area contributed by atoms with Crippen LogP contribution >= 0.6 is 0 Å². The number of hydrogen-bond donors (Lipinski definition) is 2. The Morgan fingerprint density at radius 2 is 2.00 bits per heavy atom. The molecule has 1 aromatic carbocycles. The Hall–Kier alpha value is -1.60. The van der Waals surface area contributed by atoms with E-state index >= 15 is 0 Å². The van der Waals surface area contributed by atoms with Crippen molar-refractivity contribution in [1.82, 2.24) is 5.32 Å². The lowest BCUT2D eigenvalue weighted by molar-refractivity contribution is -0.122. The van der Waals surface area contributed by atoms with E-state index in [1.54, 1.807) is 12.1 Å². The van der Waals surface area contributed by atoms with Crippen LogP contribution < -0.4 is 15.8 Å². The van der Waals surface area contributed by atoms with Gasteiger partial charge in [-0.2, -0.15) is 0 Å². The molecule has 0 radical (unpaired) electrons. The molecule has 2 atom stereocenters. The summed E-state index contributed by atoms with van der Waals surface area (Å²) in [6, 6.07) is 6.36. The molecule has 23 heavy (non-hydrogen) atoms. The number of carbonyl (C=O) groups excluding carboxylic acids is 1. The average Bonchev–Trinajstić information content (AvgIpc) is 2.94. The third-order valence-electron chi connectivity index (χ3n) is 4.16. The number of hydrogen-bond acceptors (Lipinski definition) is 5. The number of rotatable bonds is 7. The molecule has 1 fully saturated rings. The van der Waals surface area contributed by atoms with E-state index in [0.717, 1.165) is 25.5 Å².